The summed E-state index contributed by atoms with van der Waals surface area (Å²) in [6, 6.07) is 15.4. The van der Waals surface area contributed by atoms with Crippen LogP contribution in [0.5, 0.6) is 11.5 Å². The van der Waals surface area contributed by atoms with Crippen molar-refractivity contribution in [3.8, 4) is 34.0 Å². The second-order valence-electron chi connectivity index (χ2n) is 8.35. The molecule has 0 aliphatic rings. The van der Waals surface area contributed by atoms with Gasteiger partial charge in [-0.15, -0.1) is 11.3 Å². The predicted octanol–water partition coefficient (Wildman–Crippen LogP) is 5.83. The number of hydrogen-bond donors (Lipinski definition) is 2. The van der Waals surface area contributed by atoms with Crippen LogP contribution in [0.2, 0.25) is 0 Å². The molecule has 9 nitrogen and oxygen atoms in total. The molecule has 2 aromatic heterocycles. The van der Waals surface area contributed by atoms with Crippen LogP contribution in [-0.4, -0.2) is 52.9 Å². The first kappa shape index (κ1) is 28.2. The Morgan fingerprint density at radius 2 is 1.62 bits per heavy atom. The van der Waals surface area contributed by atoms with Crippen LogP contribution in [-0.2, 0) is 20.7 Å². The minimum absolute atomic E-state index is 0.0703. The molecule has 0 bridgehead atoms. The van der Waals surface area contributed by atoms with Crippen LogP contribution in [0.1, 0.15) is 26.0 Å². The fourth-order valence-electron chi connectivity index (χ4n) is 3.78. The molecule has 0 radical (unpaired) electrons. The molecule has 0 saturated carbocycles. The summed E-state index contributed by atoms with van der Waals surface area (Å²) in [6.07, 6.45) is 0.648. The van der Waals surface area contributed by atoms with Crippen molar-refractivity contribution in [1.29, 1.82) is 0 Å². The lowest BCUT2D eigenvalue weighted by Crippen LogP contribution is -2.24. The van der Waals surface area contributed by atoms with E-state index >= 15 is 0 Å². The van der Waals surface area contributed by atoms with Crippen molar-refractivity contribution in [1.82, 2.24) is 15.0 Å². The number of thioether (sulfide) groups is 1. The molecule has 4 aromatic rings. The Morgan fingerprint density at radius 1 is 0.974 bits per heavy atom. The van der Waals surface area contributed by atoms with Gasteiger partial charge >= 0.3 is 5.97 Å². The lowest BCUT2D eigenvalue weighted by Gasteiger charge is -2.11. The molecule has 204 valence electrons. The van der Waals surface area contributed by atoms with Crippen molar-refractivity contribution in [2.24, 2.45) is 0 Å². The van der Waals surface area contributed by atoms with Crippen molar-refractivity contribution in [2.75, 3.05) is 26.1 Å². The number of aromatic nitrogens is 3. The highest BCUT2D eigenvalue weighted by Gasteiger charge is 2.23. The first-order valence-corrected chi connectivity index (χ1v) is 14.2. The molecule has 0 aliphatic carbocycles. The Morgan fingerprint density at radius 3 is 2.21 bits per heavy atom. The Hall–Kier alpha value is -3.83. The molecular weight excluding hydrogens is 536 g/mol. The highest BCUT2D eigenvalue weighted by molar-refractivity contribution is 8.00. The number of ether oxygens (including phenoxy) is 3. The number of esters is 1. The summed E-state index contributed by atoms with van der Waals surface area (Å²) in [5, 5.41) is 5.27. The quantitative estimate of drug-likeness (QED) is 0.163. The van der Waals surface area contributed by atoms with Gasteiger partial charge in [0.25, 0.3) is 0 Å². The monoisotopic (exact) mass is 566 g/mol. The van der Waals surface area contributed by atoms with Gasteiger partial charge in [-0.3, -0.25) is 9.59 Å². The maximum absolute atomic E-state index is 13.1. The molecule has 0 spiro atoms. The number of hydrogen-bond acceptors (Lipinski definition) is 9. The third-order valence-corrected chi connectivity index (χ3v) is 7.81. The van der Waals surface area contributed by atoms with Crippen LogP contribution >= 0.6 is 23.1 Å². The van der Waals surface area contributed by atoms with Gasteiger partial charge in [0.05, 0.1) is 49.6 Å². The van der Waals surface area contributed by atoms with Crippen LogP contribution < -0.4 is 14.8 Å². The number of rotatable bonds is 12. The molecule has 2 N–H and O–H groups in total. The minimum Gasteiger partial charge on any atom is -0.497 e. The lowest BCUT2D eigenvalue weighted by molar-refractivity contribution is -0.142. The second-order valence-corrected chi connectivity index (χ2v) is 10.4. The topological polar surface area (TPSA) is 115 Å². The molecule has 4 rings (SSSR count). The van der Waals surface area contributed by atoms with Gasteiger partial charge in [-0.05, 0) is 61.9 Å². The zero-order valence-corrected chi connectivity index (χ0v) is 23.8. The van der Waals surface area contributed by atoms with Gasteiger partial charge in [0.15, 0.2) is 10.3 Å². The maximum Gasteiger partial charge on any atom is 0.311 e. The Labute approximate surface area is 235 Å². The zero-order chi connectivity index (χ0) is 27.8. The SMILES string of the molecule is CCOC(=O)Cc1csc(NC(=O)C(CC)Sc2nc(-c3ccc(OC)cc3)c(-c3ccc(OC)cc3)[nH]2)n1. The summed E-state index contributed by atoms with van der Waals surface area (Å²) in [6.45, 7) is 4.02. The zero-order valence-electron chi connectivity index (χ0n) is 22.1. The number of aromatic amines is 1. The molecule has 1 amide bonds. The van der Waals surface area contributed by atoms with Crippen LogP contribution in [0.4, 0.5) is 5.13 Å². The standard InChI is InChI=1S/C28H30N4O5S2/c1-5-22(26(34)32-27-29-19(16-38-27)15-23(33)37-6-2)39-28-30-24(17-7-11-20(35-3)12-8-17)25(31-28)18-9-13-21(36-4)14-10-18/h7-14,16,22H,5-6,15H2,1-4H3,(H,30,31)(H,29,32,34). The van der Waals surface area contributed by atoms with Crippen LogP contribution in [0.25, 0.3) is 22.5 Å². The fraction of sp³-hybridized carbons (Fsp3) is 0.286. The van der Waals surface area contributed by atoms with Crippen molar-refractivity contribution in [3.63, 3.8) is 0 Å². The van der Waals surface area contributed by atoms with E-state index in [0.29, 0.717) is 29.0 Å². The van der Waals surface area contributed by atoms with Crippen LogP contribution in [0.3, 0.4) is 0 Å². The first-order chi connectivity index (χ1) is 18.9. The van der Waals surface area contributed by atoms with Crippen molar-refractivity contribution < 1.29 is 23.8 Å². The number of methoxy groups -OCH3 is 2. The average Bonchev–Trinajstić information content (AvgIpc) is 3.58. The molecule has 0 fully saturated rings. The Kier molecular flexibility index (Phi) is 9.61. The van der Waals surface area contributed by atoms with Gasteiger partial charge in [-0.1, -0.05) is 18.7 Å². The summed E-state index contributed by atoms with van der Waals surface area (Å²) in [5.74, 6) is 0.980. The van der Waals surface area contributed by atoms with Crippen molar-refractivity contribution >= 4 is 40.1 Å². The van der Waals surface area contributed by atoms with E-state index in [1.807, 2.05) is 55.5 Å². The molecular formula is C28H30N4O5S2. The molecule has 1 atom stereocenters. The van der Waals surface area contributed by atoms with Crippen LogP contribution in [0, 0.1) is 0 Å². The van der Waals surface area contributed by atoms with E-state index in [4.69, 9.17) is 19.2 Å². The predicted molar refractivity (Wildman–Crippen MR) is 154 cm³/mol. The Bertz CT molecular complexity index is 1340. The van der Waals surface area contributed by atoms with E-state index in [9.17, 15) is 9.59 Å². The molecule has 0 aliphatic heterocycles. The molecule has 0 saturated heterocycles. The molecule has 11 heteroatoms. The fourth-order valence-corrected chi connectivity index (χ4v) is 5.40. The second kappa shape index (κ2) is 13.3. The smallest absolute Gasteiger partial charge is 0.311 e. The third kappa shape index (κ3) is 7.18. The number of benzene rings is 2. The van der Waals surface area contributed by atoms with Gasteiger partial charge in [0.1, 0.15) is 11.5 Å². The first-order valence-electron chi connectivity index (χ1n) is 12.4. The van der Waals surface area contributed by atoms with Gasteiger partial charge in [-0.25, -0.2) is 9.97 Å². The summed E-state index contributed by atoms with van der Waals surface area (Å²) < 4.78 is 15.6. The normalized spacial score (nSPS) is 11.6. The third-order valence-electron chi connectivity index (χ3n) is 5.75. The van der Waals surface area contributed by atoms with E-state index < -0.39 is 5.25 Å². The summed E-state index contributed by atoms with van der Waals surface area (Å²) in [5.41, 5.74) is 4.02. The van der Waals surface area contributed by atoms with Gasteiger partial charge in [-0.2, -0.15) is 0 Å². The number of nitrogens with zero attached hydrogens (tertiary/aromatic N) is 2. The molecule has 1 unspecified atom stereocenters. The molecule has 2 aromatic carbocycles. The number of carbonyl (C=O) groups excluding carboxylic acids is 2. The van der Waals surface area contributed by atoms with E-state index in [-0.39, 0.29) is 18.3 Å². The summed E-state index contributed by atoms with van der Waals surface area (Å²) in [4.78, 5) is 37.5. The van der Waals surface area contributed by atoms with Crippen LogP contribution in [0.15, 0.2) is 59.1 Å². The van der Waals surface area contributed by atoms with E-state index in [0.717, 1.165) is 34.0 Å². The lowest BCUT2D eigenvalue weighted by atomic mass is 10.0. The average molecular weight is 567 g/mol. The number of imidazole rings is 1. The number of carbonyl (C=O) groups is 2. The van der Waals surface area contributed by atoms with E-state index in [1.54, 1.807) is 26.5 Å². The van der Waals surface area contributed by atoms with E-state index in [1.165, 1.54) is 23.1 Å². The number of amides is 1. The summed E-state index contributed by atoms with van der Waals surface area (Å²) in [7, 11) is 3.26. The number of anilines is 1. The Balaban J connectivity index is 1.55. The van der Waals surface area contributed by atoms with Gasteiger partial charge in [0.2, 0.25) is 5.91 Å². The maximum atomic E-state index is 13.1. The highest BCUT2D eigenvalue weighted by Crippen LogP contribution is 2.36. The molecule has 39 heavy (non-hydrogen) atoms. The number of nitrogens with one attached hydrogen (secondary N) is 2. The van der Waals surface area contributed by atoms with E-state index in [2.05, 4.69) is 15.3 Å². The number of H-pyrrole nitrogens is 1. The minimum atomic E-state index is -0.416. The molecule has 2 heterocycles. The van der Waals surface area contributed by atoms with Gasteiger partial charge in [0, 0.05) is 16.5 Å². The van der Waals surface area contributed by atoms with Crippen molar-refractivity contribution in [3.05, 3.63) is 59.6 Å². The van der Waals surface area contributed by atoms with Gasteiger partial charge < -0.3 is 24.5 Å². The highest BCUT2D eigenvalue weighted by atomic mass is 32.2. The largest absolute Gasteiger partial charge is 0.497 e. The summed E-state index contributed by atoms with van der Waals surface area (Å²) >= 11 is 2.63. The van der Waals surface area contributed by atoms with Crippen molar-refractivity contribution in [2.45, 2.75) is 37.1 Å². The number of thiazole rings is 1.